The number of H-pyrrole nitrogens is 1. The number of ether oxygens (including phenoxy) is 1. The van der Waals surface area contributed by atoms with Gasteiger partial charge in [-0.25, -0.2) is 0 Å². The molecule has 0 aromatic carbocycles. The van der Waals surface area contributed by atoms with E-state index < -0.39 is 0 Å². The minimum absolute atomic E-state index is 0.297. The van der Waals surface area contributed by atoms with Crippen LogP contribution >= 0.6 is 12.2 Å². The number of aromatic amines is 1. The molecule has 0 saturated carbocycles. The van der Waals surface area contributed by atoms with Gasteiger partial charge >= 0.3 is 0 Å². The van der Waals surface area contributed by atoms with Crippen molar-refractivity contribution < 1.29 is 4.74 Å². The molecule has 0 bridgehead atoms. The lowest BCUT2D eigenvalue weighted by atomic mass is 9.98. The Kier molecular flexibility index (Phi) is 3.99. The Balaban J connectivity index is 2.28. The molecule has 4 nitrogen and oxygen atoms in total. The predicted octanol–water partition coefficient (Wildman–Crippen LogP) is 2.88. The van der Waals surface area contributed by atoms with Gasteiger partial charge in [0, 0.05) is 19.1 Å². The van der Waals surface area contributed by atoms with E-state index in [4.69, 9.17) is 17.0 Å². The molecule has 2 rings (SSSR count). The molecule has 2 unspecified atom stereocenters. The van der Waals surface area contributed by atoms with Crippen molar-refractivity contribution in [2.75, 3.05) is 6.61 Å². The fourth-order valence-corrected chi connectivity index (χ4v) is 2.71. The second-order valence-corrected chi connectivity index (χ2v) is 5.49. The van der Waals surface area contributed by atoms with Crippen molar-refractivity contribution >= 4 is 12.2 Å². The molecule has 2 atom stereocenters. The van der Waals surface area contributed by atoms with Gasteiger partial charge in [0.25, 0.3) is 0 Å². The smallest absolute Gasteiger partial charge is 0.195 e. The summed E-state index contributed by atoms with van der Waals surface area (Å²) in [6.45, 7) is 8.32. The first kappa shape index (κ1) is 12.8. The van der Waals surface area contributed by atoms with Crippen LogP contribution in [0, 0.1) is 10.7 Å². The average Bonchev–Trinajstić information content (AvgIpc) is 2.86. The van der Waals surface area contributed by atoms with E-state index in [0.29, 0.717) is 17.9 Å². The first-order valence-electron chi connectivity index (χ1n) is 6.40. The molecular weight excluding hydrogens is 234 g/mol. The number of aromatic nitrogens is 3. The Morgan fingerprint density at radius 3 is 3.00 bits per heavy atom. The van der Waals surface area contributed by atoms with Gasteiger partial charge in [-0.3, -0.25) is 5.10 Å². The van der Waals surface area contributed by atoms with E-state index in [9.17, 15) is 0 Å². The fourth-order valence-electron chi connectivity index (χ4n) is 2.50. The second-order valence-electron chi connectivity index (χ2n) is 5.10. The summed E-state index contributed by atoms with van der Waals surface area (Å²) in [5.41, 5.74) is 0. The maximum absolute atomic E-state index is 5.74. The normalized spacial score (nSPS) is 24.7. The van der Waals surface area contributed by atoms with Crippen LogP contribution in [-0.2, 0) is 11.3 Å². The van der Waals surface area contributed by atoms with Crippen LogP contribution in [0.5, 0.6) is 0 Å². The quantitative estimate of drug-likeness (QED) is 0.841. The number of hydrogen-bond acceptors (Lipinski definition) is 3. The average molecular weight is 255 g/mol. The highest BCUT2D eigenvalue weighted by Gasteiger charge is 2.32. The molecule has 1 fully saturated rings. The summed E-state index contributed by atoms with van der Waals surface area (Å²) >= 11 is 5.31. The van der Waals surface area contributed by atoms with Crippen LogP contribution in [0.2, 0.25) is 0 Å². The molecule has 96 valence electrons. The van der Waals surface area contributed by atoms with Gasteiger partial charge < -0.3 is 9.30 Å². The van der Waals surface area contributed by atoms with Gasteiger partial charge in [0.15, 0.2) is 4.77 Å². The van der Waals surface area contributed by atoms with Gasteiger partial charge in [-0.15, -0.1) is 0 Å². The zero-order valence-corrected chi connectivity index (χ0v) is 11.6. The van der Waals surface area contributed by atoms with Crippen LogP contribution in [0.3, 0.4) is 0 Å². The van der Waals surface area contributed by atoms with Crippen LogP contribution in [0.1, 0.15) is 45.4 Å². The molecule has 0 aliphatic carbocycles. The van der Waals surface area contributed by atoms with Gasteiger partial charge in [0.1, 0.15) is 5.82 Å². The third-order valence-electron chi connectivity index (χ3n) is 3.28. The Bertz CT molecular complexity index is 424. The molecule has 17 heavy (non-hydrogen) atoms. The van der Waals surface area contributed by atoms with E-state index in [-0.39, 0.29) is 0 Å². The fraction of sp³-hybridized carbons (Fsp3) is 0.833. The number of nitrogens with zero attached hydrogens (tertiary/aromatic N) is 2. The largest absolute Gasteiger partial charge is 0.377 e. The Hall–Kier alpha value is -0.680. The molecule has 1 saturated heterocycles. The Morgan fingerprint density at radius 1 is 1.59 bits per heavy atom. The van der Waals surface area contributed by atoms with Crippen molar-refractivity contribution in [2.45, 2.75) is 52.2 Å². The van der Waals surface area contributed by atoms with Gasteiger partial charge in [-0.05, 0) is 31.0 Å². The first-order chi connectivity index (χ1) is 8.13. The Morgan fingerprint density at radius 2 is 2.35 bits per heavy atom. The van der Waals surface area contributed by atoms with Crippen LogP contribution in [-0.4, -0.2) is 27.5 Å². The molecule has 1 aromatic heterocycles. The van der Waals surface area contributed by atoms with E-state index in [1.807, 2.05) is 0 Å². The van der Waals surface area contributed by atoms with Crippen molar-refractivity contribution in [3.63, 3.8) is 0 Å². The van der Waals surface area contributed by atoms with Crippen molar-refractivity contribution in [1.82, 2.24) is 14.8 Å². The lowest BCUT2D eigenvalue weighted by molar-refractivity contribution is 0.0987. The lowest BCUT2D eigenvalue weighted by Crippen LogP contribution is -2.19. The molecule has 1 aromatic rings. The van der Waals surface area contributed by atoms with Crippen LogP contribution in [0.25, 0.3) is 0 Å². The summed E-state index contributed by atoms with van der Waals surface area (Å²) in [5, 5.41) is 7.34. The molecule has 0 amide bonds. The first-order valence-corrected chi connectivity index (χ1v) is 6.81. The molecule has 1 aliphatic rings. The second kappa shape index (κ2) is 5.31. The van der Waals surface area contributed by atoms with Gasteiger partial charge in [-0.2, -0.15) is 5.10 Å². The number of nitrogens with one attached hydrogen (secondary N) is 1. The molecule has 0 radical (unpaired) electrons. The van der Waals surface area contributed by atoms with E-state index in [1.54, 1.807) is 0 Å². The topological polar surface area (TPSA) is 42.8 Å². The predicted molar refractivity (Wildman–Crippen MR) is 69.6 cm³/mol. The van der Waals surface area contributed by atoms with Crippen molar-refractivity contribution in [3.05, 3.63) is 10.6 Å². The van der Waals surface area contributed by atoms with Crippen LogP contribution in [0.15, 0.2) is 0 Å². The summed E-state index contributed by atoms with van der Waals surface area (Å²) < 4.78 is 8.61. The molecule has 1 aliphatic heterocycles. The summed E-state index contributed by atoms with van der Waals surface area (Å²) in [5.74, 6) is 2.04. The van der Waals surface area contributed by atoms with E-state index >= 15 is 0 Å². The summed E-state index contributed by atoms with van der Waals surface area (Å²) in [7, 11) is 0. The maximum atomic E-state index is 5.74. The zero-order chi connectivity index (χ0) is 12.4. The maximum Gasteiger partial charge on any atom is 0.195 e. The standard InChI is InChI=1S/C12H21N3OS/c1-4-10-9(5-6-16-10)11-13-14-12(17)15(11)7-8(2)3/h8-10H,4-7H2,1-3H3,(H,14,17). The molecule has 2 heterocycles. The number of hydrogen-bond donors (Lipinski definition) is 1. The lowest BCUT2D eigenvalue weighted by Gasteiger charge is -2.18. The molecule has 5 heteroatoms. The monoisotopic (exact) mass is 255 g/mol. The highest BCUT2D eigenvalue weighted by molar-refractivity contribution is 7.71. The van der Waals surface area contributed by atoms with E-state index in [2.05, 4.69) is 35.5 Å². The van der Waals surface area contributed by atoms with Crippen molar-refractivity contribution in [1.29, 1.82) is 0 Å². The molecule has 0 spiro atoms. The minimum atomic E-state index is 0.297. The van der Waals surface area contributed by atoms with Gasteiger partial charge in [0.05, 0.1) is 6.10 Å². The summed E-state index contributed by atoms with van der Waals surface area (Å²) in [6, 6.07) is 0. The highest BCUT2D eigenvalue weighted by Crippen LogP contribution is 2.32. The third kappa shape index (κ3) is 2.60. The highest BCUT2D eigenvalue weighted by atomic mass is 32.1. The molecule has 1 N–H and O–H groups in total. The molecular formula is C12H21N3OS. The van der Waals surface area contributed by atoms with Gasteiger partial charge in [0.2, 0.25) is 0 Å². The number of rotatable bonds is 4. The van der Waals surface area contributed by atoms with E-state index in [0.717, 1.165) is 36.6 Å². The van der Waals surface area contributed by atoms with Crippen LogP contribution < -0.4 is 0 Å². The summed E-state index contributed by atoms with van der Waals surface area (Å²) in [4.78, 5) is 0. The third-order valence-corrected chi connectivity index (χ3v) is 3.59. The Labute approximate surface area is 107 Å². The zero-order valence-electron chi connectivity index (χ0n) is 10.8. The SMILES string of the molecule is CCC1OCCC1c1n[nH]c(=S)n1CC(C)C. The van der Waals surface area contributed by atoms with Crippen molar-refractivity contribution in [3.8, 4) is 0 Å². The summed E-state index contributed by atoms with van der Waals surface area (Å²) in [6.07, 6.45) is 2.38. The van der Waals surface area contributed by atoms with Gasteiger partial charge in [-0.1, -0.05) is 20.8 Å². The van der Waals surface area contributed by atoms with Crippen LogP contribution in [0.4, 0.5) is 0 Å². The van der Waals surface area contributed by atoms with E-state index in [1.165, 1.54) is 0 Å². The van der Waals surface area contributed by atoms with Crippen molar-refractivity contribution in [2.24, 2.45) is 5.92 Å². The minimum Gasteiger partial charge on any atom is -0.377 e.